The summed E-state index contributed by atoms with van der Waals surface area (Å²) < 4.78 is 0. The van der Waals surface area contributed by atoms with Crippen LogP contribution in [-0.4, -0.2) is 29.3 Å². The predicted octanol–water partition coefficient (Wildman–Crippen LogP) is 3.83. The Balaban J connectivity index is 1.81. The van der Waals surface area contributed by atoms with Gasteiger partial charge in [0.1, 0.15) is 12.1 Å². The molecule has 1 aliphatic heterocycles. The van der Waals surface area contributed by atoms with Crippen molar-refractivity contribution >= 4 is 35.1 Å². The number of urea groups is 1. The lowest BCUT2D eigenvalue weighted by atomic mass is 9.85. The monoisotopic (exact) mass is 399 g/mol. The summed E-state index contributed by atoms with van der Waals surface area (Å²) >= 11 is 6.07. The first-order valence-electron chi connectivity index (χ1n) is 9.13. The van der Waals surface area contributed by atoms with Gasteiger partial charge in [-0.2, -0.15) is 0 Å². The van der Waals surface area contributed by atoms with E-state index in [0.717, 1.165) is 10.5 Å². The number of hydrogen-bond acceptors (Lipinski definition) is 3. The molecule has 0 radical (unpaired) electrons. The van der Waals surface area contributed by atoms with E-state index in [1.807, 2.05) is 37.3 Å². The van der Waals surface area contributed by atoms with Crippen LogP contribution >= 0.6 is 11.6 Å². The SMILES string of the molecule is CCC[C@@]1(c2ccccc2)NC(=O)N(CC(=O)Nc2cccc(Cl)c2C)C1=O. The lowest BCUT2D eigenvalue weighted by Crippen LogP contribution is -2.44. The molecule has 1 fully saturated rings. The van der Waals surface area contributed by atoms with Crippen molar-refractivity contribution in [2.24, 2.45) is 0 Å². The van der Waals surface area contributed by atoms with Gasteiger partial charge in [-0.15, -0.1) is 0 Å². The first-order valence-corrected chi connectivity index (χ1v) is 9.51. The minimum atomic E-state index is -1.14. The molecular weight excluding hydrogens is 378 g/mol. The normalized spacial score (nSPS) is 18.9. The topological polar surface area (TPSA) is 78.5 Å². The van der Waals surface area contributed by atoms with E-state index in [1.165, 1.54) is 0 Å². The van der Waals surface area contributed by atoms with Crippen LogP contribution < -0.4 is 10.6 Å². The lowest BCUT2D eigenvalue weighted by molar-refractivity contribution is -0.134. The second kappa shape index (κ2) is 8.02. The van der Waals surface area contributed by atoms with E-state index >= 15 is 0 Å². The van der Waals surface area contributed by atoms with Crippen LogP contribution in [-0.2, 0) is 15.1 Å². The highest BCUT2D eigenvalue weighted by atomic mass is 35.5. The molecule has 2 aromatic rings. The maximum atomic E-state index is 13.2. The number of benzene rings is 2. The number of imide groups is 1. The van der Waals surface area contributed by atoms with Crippen molar-refractivity contribution in [1.29, 1.82) is 0 Å². The van der Waals surface area contributed by atoms with E-state index in [0.29, 0.717) is 29.1 Å². The maximum absolute atomic E-state index is 13.2. The average Bonchev–Trinajstić information content (AvgIpc) is 2.91. The third-order valence-corrected chi connectivity index (χ3v) is 5.32. The number of carbonyl (C=O) groups excluding carboxylic acids is 3. The molecule has 1 saturated heterocycles. The molecule has 1 heterocycles. The van der Waals surface area contributed by atoms with Crippen LogP contribution in [0.25, 0.3) is 0 Å². The number of halogens is 1. The third kappa shape index (κ3) is 3.60. The van der Waals surface area contributed by atoms with Crippen molar-refractivity contribution in [1.82, 2.24) is 10.2 Å². The highest BCUT2D eigenvalue weighted by Gasteiger charge is 2.52. The van der Waals surface area contributed by atoms with E-state index in [9.17, 15) is 14.4 Å². The fourth-order valence-corrected chi connectivity index (χ4v) is 3.63. The molecule has 6 nitrogen and oxygen atoms in total. The van der Waals surface area contributed by atoms with E-state index in [-0.39, 0.29) is 6.54 Å². The van der Waals surface area contributed by atoms with Crippen LogP contribution in [0.2, 0.25) is 5.02 Å². The van der Waals surface area contributed by atoms with Gasteiger partial charge in [0.05, 0.1) is 0 Å². The van der Waals surface area contributed by atoms with Gasteiger partial charge in [0.25, 0.3) is 5.91 Å². The first kappa shape index (κ1) is 19.9. The summed E-state index contributed by atoms with van der Waals surface area (Å²) in [7, 11) is 0. The van der Waals surface area contributed by atoms with Crippen LogP contribution in [0.3, 0.4) is 0 Å². The summed E-state index contributed by atoms with van der Waals surface area (Å²) in [5.41, 5.74) is 0.842. The van der Waals surface area contributed by atoms with Gasteiger partial charge in [-0.1, -0.05) is 61.3 Å². The number of hydrogen-bond donors (Lipinski definition) is 2. The predicted molar refractivity (Wildman–Crippen MR) is 108 cm³/mol. The van der Waals surface area contributed by atoms with Gasteiger partial charge in [0.15, 0.2) is 0 Å². The molecule has 7 heteroatoms. The van der Waals surface area contributed by atoms with Crippen molar-refractivity contribution in [2.45, 2.75) is 32.2 Å². The van der Waals surface area contributed by atoms with Crippen molar-refractivity contribution in [3.8, 4) is 0 Å². The summed E-state index contributed by atoms with van der Waals surface area (Å²) in [6.07, 6.45) is 1.15. The Hall–Kier alpha value is -2.86. The van der Waals surface area contributed by atoms with E-state index < -0.39 is 23.4 Å². The van der Waals surface area contributed by atoms with E-state index in [1.54, 1.807) is 25.1 Å². The van der Waals surface area contributed by atoms with Gasteiger partial charge in [-0.3, -0.25) is 14.5 Å². The molecule has 0 aliphatic carbocycles. The van der Waals surface area contributed by atoms with Crippen LogP contribution in [0.4, 0.5) is 10.5 Å². The summed E-state index contributed by atoms with van der Waals surface area (Å²) in [5, 5.41) is 6.06. The largest absolute Gasteiger partial charge is 0.325 e. The summed E-state index contributed by atoms with van der Waals surface area (Å²) in [6.45, 7) is 3.36. The number of amides is 4. The number of anilines is 1. The number of nitrogens with one attached hydrogen (secondary N) is 2. The third-order valence-electron chi connectivity index (χ3n) is 4.91. The molecule has 0 aromatic heterocycles. The van der Waals surface area contributed by atoms with Gasteiger partial charge < -0.3 is 10.6 Å². The summed E-state index contributed by atoms with van der Waals surface area (Å²) in [6, 6.07) is 13.7. The molecule has 146 valence electrons. The summed E-state index contributed by atoms with van der Waals surface area (Å²) in [4.78, 5) is 39.2. The molecule has 0 bridgehead atoms. The van der Waals surface area contributed by atoms with Gasteiger partial charge >= 0.3 is 6.03 Å². The molecule has 28 heavy (non-hydrogen) atoms. The Bertz CT molecular complexity index is 916. The molecule has 4 amide bonds. The van der Waals surface area contributed by atoms with Crippen molar-refractivity contribution in [3.05, 3.63) is 64.7 Å². The van der Waals surface area contributed by atoms with Crippen LogP contribution in [0.15, 0.2) is 48.5 Å². The zero-order chi connectivity index (χ0) is 20.3. The molecule has 1 aliphatic rings. The minimum Gasteiger partial charge on any atom is -0.324 e. The molecule has 2 aromatic carbocycles. The highest BCUT2D eigenvalue weighted by molar-refractivity contribution is 6.31. The standard InChI is InChI=1S/C21H22ClN3O3/c1-3-12-21(15-8-5-4-6-9-15)19(27)25(20(28)24-21)13-18(26)23-17-11-7-10-16(22)14(17)2/h4-11H,3,12-13H2,1-2H3,(H,23,26)(H,24,28)/t21-/m0/s1. The first-order chi connectivity index (χ1) is 13.4. The second-order valence-corrected chi connectivity index (χ2v) is 7.21. The van der Waals surface area contributed by atoms with E-state index in [2.05, 4.69) is 10.6 Å². The Morgan fingerprint density at radius 2 is 1.86 bits per heavy atom. The molecule has 0 saturated carbocycles. The average molecular weight is 400 g/mol. The fraction of sp³-hybridized carbons (Fsp3) is 0.286. The Kier molecular flexibility index (Phi) is 5.70. The molecule has 0 unspecified atom stereocenters. The van der Waals surface area contributed by atoms with Crippen molar-refractivity contribution in [2.75, 3.05) is 11.9 Å². The highest BCUT2D eigenvalue weighted by Crippen LogP contribution is 2.33. The number of rotatable bonds is 6. The van der Waals surface area contributed by atoms with Gasteiger partial charge in [-0.25, -0.2) is 4.79 Å². The van der Waals surface area contributed by atoms with Crippen LogP contribution in [0.1, 0.15) is 30.9 Å². The maximum Gasteiger partial charge on any atom is 0.325 e. The molecule has 2 N–H and O–H groups in total. The van der Waals surface area contributed by atoms with Gasteiger partial charge in [0, 0.05) is 10.7 Å². The zero-order valence-electron chi connectivity index (χ0n) is 15.8. The molecular formula is C21H22ClN3O3. The summed E-state index contributed by atoms with van der Waals surface area (Å²) in [5.74, 6) is -0.877. The quantitative estimate of drug-likeness (QED) is 0.724. The van der Waals surface area contributed by atoms with E-state index in [4.69, 9.17) is 11.6 Å². The number of carbonyl (C=O) groups is 3. The second-order valence-electron chi connectivity index (χ2n) is 6.80. The Morgan fingerprint density at radius 3 is 2.54 bits per heavy atom. The fourth-order valence-electron chi connectivity index (χ4n) is 3.45. The lowest BCUT2D eigenvalue weighted by Gasteiger charge is -2.26. The van der Waals surface area contributed by atoms with Gasteiger partial charge in [-0.05, 0) is 36.6 Å². The van der Waals surface area contributed by atoms with Crippen LogP contribution in [0.5, 0.6) is 0 Å². The number of nitrogens with zero attached hydrogens (tertiary/aromatic N) is 1. The smallest absolute Gasteiger partial charge is 0.324 e. The van der Waals surface area contributed by atoms with Crippen molar-refractivity contribution in [3.63, 3.8) is 0 Å². The zero-order valence-corrected chi connectivity index (χ0v) is 16.5. The minimum absolute atomic E-state index is 0.366. The van der Waals surface area contributed by atoms with Crippen LogP contribution in [0, 0.1) is 6.92 Å². The Labute approximate surface area is 168 Å². The molecule has 0 spiro atoms. The van der Waals surface area contributed by atoms with Gasteiger partial charge in [0.2, 0.25) is 5.91 Å². The molecule has 1 atom stereocenters. The Morgan fingerprint density at radius 1 is 1.14 bits per heavy atom. The van der Waals surface area contributed by atoms with Crippen molar-refractivity contribution < 1.29 is 14.4 Å². The molecule has 3 rings (SSSR count).